The molecule has 5 heteroatoms. The van der Waals surface area contributed by atoms with Gasteiger partial charge >= 0.3 is 5.97 Å². The fraction of sp³-hybridized carbons (Fsp3) is 0.818. The highest BCUT2D eigenvalue weighted by molar-refractivity contribution is 5.78. The van der Waals surface area contributed by atoms with E-state index < -0.39 is 5.97 Å². The van der Waals surface area contributed by atoms with Crippen LogP contribution < -0.4 is 5.32 Å². The van der Waals surface area contributed by atoms with E-state index in [4.69, 9.17) is 5.11 Å². The molecular weight excluding hydrogens is 208 g/mol. The topological polar surface area (TPSA) is 69.6 Å². The molecule has 0 spiro atoms. The standard InChI is InChI=1S/C11H18N2O3/c14-10(12-8-3-4-8)7-13-5-1-2-9(13)6-11(15)16/h8-9H,1-7H2,(H,12,14)(H,15,16). The van der Waals surface area contributed by atoms with Gasteiger partial charge in [-0.05, 0) is 32.2 Å². The lowest BCUT2D eigenvalue weighted by Crippen LogP contribution is -2.41. The first-order valence-corrected chi connectivity index (χ1v) is 5.90. The second kappa shape index (κ2) is 4.82. The quantitative estimate of drug-likeness (QED) is 0.703. The van der Waals surface area contributed by atoms with Crippen LogP contribution in [-0.2, 0) is 9.59 Å². The Balaban J connectivity index is 1.77. The van der Waals surface area contributed by atoms with Crippen LogP contribution in [0.1, 0.15) is 32.1 Å². The molecule has 0 aromatic rings. The van der Waals surface area contributed by atoms with Gasteiger partial charge < -0.3 is 10.4 Å². The summed E-state index contributed by atoms with van der Waals surface area (Å²) in [5.74, 6) is -0.737. The van der Waals surface area contributed by atoms with Crippen LogP contribution >= 0.6 is 0 Å². The first-order valence-electron chi connectivity index (χ1n) is 5.90. The van der Waals surface area contributed by atoms with Gasteiger partial charge in [-0.1, -0.05) is 0 Å². The van der Waals surface area contributed by atoms with E-state index in [2.05, 4.69) is 5.32 Å². The smallest absolute Gasteiger partial charge is 0.304 e. The van der Waals surface area contributed by atoms with Gasteiger partial charge in [0.2, 0.25) is 5.91 Å². The first-order chi connectivity index (χ1) is 7.65. The summed E-state index contributed by atoms with van der Waals surface area (Å²) in [6, 6.07) is 0.426. The van der Waals surface area contributed by atoms with Crippen LogP contribution in [0, 0.1) is 0 Å². The fourth-order valence-corrected chi connectivity index (χ4v) is 2.22. The van der Waals surface area contributed by atoms with Crippen molar-refractivity contribution in [3.05, 3.63) is 0 Å². The minimum absolute atomic E-state index is 0.0415. The number of hydrogen-bond acceptors (Lipinski definition) is 3. The van der Waals surface area contributed by atoms with Gasteiger partial charge in [-0.15, -0.1) is 0 Å². The number of likely N-dealkylation sites (tertiary alicyclic amines) is 1. The summed E-state index contributed by atoms with van der Waals surface area (Å²) < 4.78 is 0. The number of aliphatic carboxylic acids is 1. The Morgan fingerprint density at radius 1 is 1.31 bits per heavy atom. The van der Waals surface area contributed by atoms with E-state index in [1.165, 1.54) is 0 Å². The van der Waals surface area contributed by atoms with Crippen LogP contribution in [-0.4, -0.2) is 47.1 Å². The Morgan fingerprint density at radius 2 is 2.06 bits per heavy atom. The molecule has 1 unspecified atom stereocenters. The third-order valence-electron chi connectivity index (χ3n) is 3.20. The zero-order valence-electron chi connectivity index (χ0n) is 9.32. The van der Waals surface area contributed by atoms with Crippen molar-refractivity contribution >= 4 is 11.9 Å². The lowest BCUT2D eigenvalue weighted by molar-refractivity contribution is -0.138. The lowest BCUT2D eigenvalue weighted by atomic mass is 10.1. The molecule has 2 fully saturated rings. The zero-order chi connectivity index (χ0) is 11.5. The summed E-state index contributed by atoms with van der Waals surface area (Å²) in [5.41, 5.74) is 0. The Morgan fingerprint density at radius 3 is 2.69 bits per heavy atom. The highest BCUT2D eigenvalue weighted by atomic mass is 16.4. The summed E-state index contributed by atoms with van der Waals surface area (Å²) in [5, 5.41) is 11.7. The third kappa shape index (κ3) is 3.20. The Bertz CT molecular complexity index is 289. The van der Waals surface area contributed by atoms with Crippen molar-refractivity contribution in [1.29, 1.82) is 0 Å². The molecular formula is C11H18N2O3. The van der Waals surface area contributed by atoms with E-state index in [-0.39, 0.29) is 18.4 Å². The number of carbonyl (C=O) groups excluding carboxylic acids is 1. The maximum Gasteiger partial charge on any atom is 0.304 e. The largest absolute Gasteiger partial charge is 0.481 e. The van der Waals surface area contributed by atoms with E-state index in [9.17, 15) is 9.59 Å². The number of carboxylic acids is 1. The number of nitrogens with zero attached hydrogens (tertiary/aromatic N) is 1. The molecule has 0 radical (unpaired) electrons. The van der Waals surface area contributed by atoms with Crippen molar-refractivity contribution in [2.75, 3.05) is 13.1 Å². The summed E-state index contributed by atoms with van der Waals surface area (Å²) >= 11 is 0. The molecule has 0 aromatic carbocycles. The average Bonchev–Trinajstić information content (AvgIpc) is 2.89. The molecule has 90 valence electrons. The van der Waals surface area contributed by atoms with Crippen molar-refractivity contribution in [2.24, 2.45) is 0 Å². The molecule has 1 aliphatic carbocycles. The SMILES string of the molecule is O=C(O)CC1CCCN1CC(=O)NC1CC1. The molecule has 16 heavy (non-hydrogen) atoms. The van der Waals surface area contributed by atoms with E-state index in [0.717, 1.165) is 32.2 Å². The molecule has 1 aliphatic heterocycles. The molecule has 0 aromatic heterocycles. The number of amides is 1. The Kier molecular flexibility index (Phi) is 3.43. The highest BCUT2D eigenvalue weighted by Gasteiger charge is 2.29. The highest BCUT2D eigenvalue weighted by Crippen LogP contribution is 2.21. The minimum atomic E-state index is -0.778. The molecule has 1 saturated heterocycles. The van der Waals surface area contributed by atoms with Crippen molar-refractivity contribution in [2.45, 2.75) is 44.2 Å². The molecule has 2 rings (SSSR count). The monoisotopic (exact) mass is 226 g/mol. The van der Waals surface area contributed by atoms with Crippen LogP contribution in [0.15, 0.2) is 0 Å². The van der Waals surface area contributed by atoms with Gasteiger partial charge in [-0.2, -0.15) is 0 Å². The number of rotatable bonds is 5. The van der Waals surface area contributed by atoms with Gasteiger partial charge in [-0.3, -0.25) is 14.5 Å². The van der Waals surface area contributed by atoms with Crippen LogP contribution in [0.5, 0.6) is 0 Å². The van der Waals surface area contributed by atoms with Crippen LogP contribution in [0.4, 0.5) is 0 Å². The van der Waals surface area contributed by atoms with Crippen LogP contribution in [0.3, 0.4) is 0 Å². The summed E-state index contributed by atoms with van der Waals surface area (Å²) in [6.45, 7) is 1.20. The van der Waals surface area contributed by atoms with Crippen molar-refractivity contribution < 1.29 is 14.7 Å². The zero-order valence-corrected chi connectivity index (χ0v) is 9.32. The number of carbonyl (C=O) groups is 2. The predicted octanol–water partition coefficient (Wildman–Crippen LogP) is 0.204. The molecule has 2 N–H and O–H groups in total. The van der Waals surface area contributed by atoms with Crippen molar-refractivity contribution in [3.8, 4) is 0 Å². The number of carboxylic acid groups (broad SMARTS) is 1. The maximum atomic E-state index is 11.6. The van der Waals surface area contributed by atoms with Gasteiger partial charge in [0.25, 0.3) is 0 Å². The van der Waals surface area contributed by atoms with Crippen LogP contribution in [0.25, 0.3) is 0 Å². The molecule has 1 amide bonds. The van der Waals surface area contributed by atoms with Gasteiger partial charge in [0.05, 0.1) is 13.0 Å². The van der Waals surface area contributed by atoms with Gasteiger partial charge in [0.15, 0.2) is 0 Å². The number of hydrogen-bond donors (Lipinski definition) is 2. The first kappa shape index (κ1) is 11.4. The van der Waals surface area contributed by atoms with Crippen molar-refractivity contribution in [1.82, 2.24) is 10.2 Å². The van der Waals surface area contributed by atoms with Gasteiger partial charge in [0.1, 0.15) is 0 Å². The molecule has 2 aliphatic rings. The summed E-state index contributed by atoms with van der Waals surface area (Å²) in [7, 11) is 0. The van der Waals surface area contributed by atoms with E-state index in [1.807, 2.05) is 4.90 Å². The molecule has 1 saturated carbocycles. The maximum absolute atomic E-state index is 11.6. The molecule has 1 heterocycles. The fourth-order valence-electron chi connectivity index (χ4n) is 2.22. The summed E-state index contributed by atoms with van der Waals surface area (Å²) in [6.07, 6.45) is 4.21. The van der Waals surface area contributed by atoms with Crippen LogP contribution in [0.2, 0.25) is 0 Å². The molecule has 5 nitrogen and oxygen atoms in total. The van der Waals surface area contributed by atoms with E-state index in [1.54, 1.807) is 0 Å². The second-order valence-corrected chi connectivity index (χ2v) is 4.71. The lowest BCUT2D eigenvalue weighted by Gasteiger charge is -2.22. The average molecular weight is 226 g/mol. The normalized spacial score (nSPS) is 25.6. The Labute approximate surface area is 94.8 Å². The third-order valence-corrected chi connectivity index (χ3v) is 3.20. The van der Waals surface area contributed by atoms with Gasteiger partial charge in [0, 0.05) is 12.1 Å². The van der Waals surface area contributed by atoms with E-state index >= 15 is 0 Å². The second-order valence-electron chi connectivity index (χ2n) is 4.71. The number of nitrogens with one attached hydrogen (secondary N) is 1. The summed E-state index contributed by atoms with van der Waals surface area (Å²) in [4.78, 5) is 24.2. The van der Waals surface area contributed by atoms with Gasteiger partial charge in [-0.25, -0.2) is 0 Å². The predicted molar refractivity (Wildman–Crippen MR) is 58.0 cm³/mol. The molecule has 0 bridgehead atoms. The van der Waals surface area contributed by atoms with E-state index in [0.29, 0.717) is 12.6 Å². The molecule has 1 atom stereocenters. The minimum Gasteiger partial charge on any atom is -0.481 e. The van der Waals surface area contributed by atoms with Crippen molar-refractivity contribution in [3.63, 3.8) is 0 Å². The Hall–Kier alpha value is -1.10.